The quantitative estimate of drug-likeness (QED) is 0.624. The number of aromatic amines is 1. The first-order chi connectivity index (χ1) is 14.1. The van der Waals surface area contributed by atoms with Crippen molar-refractivity contribution >= 4 is 40.2 Å². The number of carbonyl (C=O) groups is 1. The minimum atomic E-state index is -0.0632. The van der Waals surface area contributed by atoms with Crippen molar-refractivity contribution < 1.29 is 4.79 Å². The first-order valence-electron chi connectivity index (χ1n) is 9.83. The molecule has 1 aliphatic heterocycles. The number of aromatic nitrogens is 1. The lowest BCUT2D eigenvalue weighted by atomic mass is 10.2. The average Bonchev–Trinajstić information content (AvgIpc) is 3.10. The SMILES string of the molecule is CN1CCN(CCNC(=O)c2[nH]c3ccccc3c2Sc2ccc(Cl)cc2)CC1. The zero-order valence-corrected chi connectivity index (χ0v) is 18.0. The van der Waals surface area contributed by atoms with Gasteiger partial charge in [0.25, 0.3) is 5.91 Å². The number of benzene rings is 2. The molecular weight excluding hydrogens is 404 g/mol. The lowest BCUT2D eigenvalue weighted by molar-refractivity contribution is 0.0934. The van der Waals surface area contributed by atoms with Crippen LogP contribution in [0.3, 0.4) is 0 Å². The van der Waals surface area contributed by atoms with Crippen LogP contribution in [0.5, 0.6) is 0 Å². The van der Waals surface area contributed by atoms with E-state index in [-0.39, 0.29) is 5.91 Å². The first-order valence-corrected chi connectivity index (χ1v) is 11.0. The van der Waals surface area contributed by atoms with Gasteiger partial charge < -0.3 is 15.2 Å². The number of hydrogen-bond donors (Lipinski definition) is 2. The normalized spacial score (nSPS) is 15.7. The molecule has 0 bridgehead atoms. The highest BCUT2D eigenvalue weighted by molar-refractivity contribution is 7.99. The number of likely N-dealkylation sites (N-methyl/N-ethyl adjacent to an activating group) is 1. The number of nitrogens with one attached hydrogen (secondary N) is 2. The lowest BCUT2D eigenvalue weighted by Crippen LogP contribution is -2.46. The number of nitrogens with zero attached hydrogens (tertiary/aromatic N) is 2. The third-order valence-electron chi connectivity index (χ3n) is 5.23. The van der Waals surface area contributed by atoms with Gasteiger partial charge in [0.05, 0.1) is 4.90 Å². The molecule has 0 radical (unpaired) electrons. The standard InChI is InChI=1S/C22H25ClN4OS/c1-26-12-14-27(15-13-26)11-10-24-22(28)20-21(18-4-2-3-5-19(18)25-20)29-17-8-6-16(23)7-9-17/h2-9,25H,10-15H2,1H3,(H,24,28). The van der Waals surface area contributed by atoms with Gasteiger partial charge in [-0.2, -0.15) is 0 Å². The van der Waals surface area contributed by atoms with Gasteiger partial charge in [-0.05, 0) is 37.4 Å². The maximum Gasteiger partial charge on any atom is 0.268 e. The highest BCUT2D eigenvalue weighted by atomic mass is 35.5. The van der Waals surface area contributed by atoms with Gasteiger partial charge in [0.1, 0.15) is 5.69 Å². The maximum atomic E-state index is 13.0. The van der Waals surface area contributed by atoms with E-state index in [0.29, 0.717) is 17.3 Å². The van der Waals surface area contributed by atoms with Crippen molar-refractivity contribution in [2.45, 2.75) is 9.79 Å². The summed E-state index contributed by atoms with van der Waals surface area (Å²) in [5.74, 6) is -0.0632. The van der Waals surface area contributed by atoms with Crippen molar-refractivity contribution in [3.05, 3.63) is 59.2 Å². The molecule has 1 saturated heterocycles. The molecule has 0 aliphatic carbocycles. The highest BCUT2D eigenvalue weighted by Crippen LogP contribution is 2.37. The van der Waals surface area contributed by atoms with Crippen LogP contribution in [0, 0.1) is 0 Å². The second-order valence-corrected chi connectivity index (χ2v) is 8.85. The molecular formula is C22H25ClN4OS. The fraction of sp³-hybridized carbons (Fsp3) is 0.318. The van der Waals surface area contributed by atoms with Gasteiger partial charge in [-0.1, -0.05) is 41.6 Å². The van der Waals surface area contributed by atoms with Crippen LogP contribution in [0.1, 0.15) is 10.5 Å². The Morgan fingerprint density at radius 1 is 1.10 bits per heavy atom. The summed E-state index contributed by atoms with van der Waals surface area (Å²) in [5, 5.41) is 4.85. The Labute approximate surface area is 180 Å². The largest absolute Gasteiger partial charge is 0.350 e. The van der Waals surface area contributed by atoms with E-state index in [1.807, 2.05) is 48.5 Å². The van der Waals surface area contributed by atoms with Crippen LogP contribution in [0.2, 0.25) is 5.02 Å². The van der Waals surface area contributed by atoms with Crippen LogP contribution in [-0.4, -0.2) is 67.0 Å². The molecule has 0 unspecified atom stereocenters. The molecule has 29 heavy (non-hydrogen) atoms. The summed E-state index contributed by atoms with van der Waals surface area (Å²) in [6.07, 6.45) is 0. The Balaban J connectivity index is 1.48. The van der Waals surface area contributed by atoms with Gasteiger partial charge in [0, 0.05) is 60.1 Å². The topological polar surface area (TPSA) is 51.4 Å². The summed E-state index contributed by atoms with van der Waals surface area (Å²) >= 11 is 7.60. The summed E-state index contributed by atoms with van der Waals surface area (Å²) in [4.78, 5) is 23.0. The number of halogens is 1. The molecule has 3 aromatic rings. The van der Waals surface area contributed by atoms with Crippen molar-refractivity contribution in [1.29, 1.82) is 0 Å². The molecule has 0 atom stereocenters. The molecule has 1 fully saturated rings. The minimum absolute atomic E-state index is 0.0632. The Morgan fingerprint density at radius 3 is 2.59 bits per heavy atom. The zero-order valence-electron chi connectivity index (χ0n) is 16.5. The highest BCUT2D eigenvalue weighted by Gasteiger charge is 2.19. The summed E-state index contributed by atoms with van der Waals surface area (Å²) in [7, 11) is 2.15. The van der Waals surface area contributed by atoms with E-state index in [4.69, 9.17) is 11.6 Å². The fourth-order valence-corrected chi connectivity index (χ4v) is 4.66. The van der Waals surface area contributed by atoms with E-state index in [2.05, 4.69) is 27.1 Å². The van der Waals surface area contributed by atoms with Crippen molar-refractivity contribution in [3.63, 3.8) is 0 Å². The number of piperazine rings is 1. The van der Waals surface area contributed by atoms with Crippen LogP contribution >= 0.6 is 23.4 Å². The van der Waals surface area contributed by atoms with Crippen LogP contribution in [0.25, 0.3) is 10.9 Å². The van der Waals surface area contributed by atoms with Crippen LogP contribution in [0.4, 0.5) is 0 Å². The number of hydrogen-bond acceptors (Lipinski definition) is 4. The van der Waals surface area contributed by atoms with Gasteiger partial charge in [-0.3, -0.25) is 9.69 Å². The van der Waals surface area contributed by atoms with E-state index in [0.717, 1.165) is 53.4 Å². The first kappa shape index (κ1) is 20.3. The summed E-state index contributed by atoms with van der Waals surface area (Å²) in [5.41, 5.74) is 1.58. The Bertz CT molecular complexity index is 980. The third-order valence-corrected chi connectivity index (χ3v) is 6.62. The van der Waals surface area contributed by atoms with Crippen molar-refractivity contribution in [1.82, 2.24) is 20.1 Å². The molecule has 2 N–H and O–H groups in total. The van der Waals surface area contributed by atoms with Gasteiger partial charge in [-0.25, -0.2) is 0 Å². The summed E-state index contributed by atoms with van der Waals surface area (Å²) < 4.78 is 0. The molecule has 0 spiro atoms. The van der Waals surface area contributed by atoms with Gasteiger partial charge >= 0.3 is 0 Å². The average molecular weight is 429 g/mol. The monoisotopic (exact) mass is 428 g/mol. The Morgan fingerprint density at radius 2 is 1.83 bits per heavy atom. The molecule has 1 aliphatic rings. The zero-order chi connectivity index (χ0) is 20.2. The van der Waals surface area contributed by atoms with Crippen molar-refractivity contribution in [2.75, 3.05) is 46.3 Å². The second kappa shape index (κ2) is 9.22. The minimum Gasteiger partial charge on any atom is -0.350 e. The van der Waals surface area contributed by atoms with E-state index in [1.165, 1.54) is 0 Å². The summed E-state index contributed by atoms with van der Waals surface area (Å²) in [6.45, 7) is 5.78. The predicted octanol–water partition coefficient (Wildman–Crippen LogP) is 3.95. The molecule has 0 saturated carbocycles. The van der Waals surface area contributed by atoms with E-state index >= 15 is 0 Å². The molecule has 1 aromatic heterocycles. The Kier molecular flexibility index (Phi) is 6.45. The van der Waals surface area contributed by atoms with Crippen LogP contribution in [-0.2, 0) is 0 Å². The molecule has 5 nitrogen and oxygen atoms in total. The number of H-pyrrole nitrogens is 1. The molecule has 2 aromatic carbocycles. The molecule has 4 rings (SSSR count). The third kappa shape index (κ3) is 4.95. The second-order valence-electron chi connectivity index (χ2n) is 7.33. The van der Waals surface area contributed by atoms with E-state index in [1.54, 1.807) is 11.8 Å². The fourth-order valence-electron chi connectivity index (χ4n) is 3.49. The number of carbonyl (C=O) groups excluding carboxylic acids is 1. The van der Waals surface area contributed by atoms with Crippen molar-refractivity contribution in [3.8, 4) is 0 Å². The molecule has 7 heteroatoms. The van der Waals surface area contributed by atoms with Crippen molar-refractivity contribution in [2.24, 2.45) is 0 Å². The smallest absolute Gasteiger partial charge is 0.268 e. The maximum absolute atomic E-state index is 13.0. The number of amides is 1. The lowest BCUT2D eigenvalue weighted by Gasteiger charge is -2.32. The predicted molar refractivity (Wildman–Crippen MR) is 120 cm³/mol. The van der Waals surface area contributed by atoms with E-state index < -0.39 is 0 Å². The summed E-state index contributed by atoms with van der Waals surface area (Å²) in [6, 6.07) is 15.7. The number of rotatable bonds is 6. The van der Waals surface area contributed by atoms with E-state index in [9.17, 15) is 4.79 Å². The Hall–Kier alpha value is -1.99. The molecule has 1 amide bonds. The van der Waals surface area contributed by atoms with Gasteiger partial charge in [-0.15, -0.1) is 0 Å². The van der Waals surface area contributed by atoms with Crippen LogP contribution in [0.15, 0.2) is 58.3 Å². The number of fused-ring (bicyclic) bond motifs is 1. The van der Waals surface area contributed by atoms with Gasteiger partial charge in [0.15, 0.2) is 0 Å². The molecule has 2 heterocycles. The van der Waals surface area contributed by atoms with Gasteiger partial charge in [0.2, 0.25) is 0 Å². The molecule has 152 valence electrons. The van der Waals surface area contributed by atoms with Crippen LogP contribution < -0.4 is 5.32 Å². The number of para-hydroxylation sites is 1.